The molecular formula is C14H10BrCl2FO. The Bertz CT molecular complexity index is 604. The Hall–Kier alpha value is -0.610. The summed E-state index contributed by atoms with van der Waals surface area (Å²) >= 11 is 15.2. The molecule has 1 unspecified atom stereocenters. The lowest BCUT2D eigenvalue weighted by molar-refractivity contribution is 0.177. The van der Waals surface area contributed by atoms with Crippen LogP contribution in [0.3, 0.4) is 0 Å². The lowest BCUT2D eigenvalue weighted by atomic mass is 10.0. The molecule has 0 aliphatic heterocycles. The molecule has 2 aromatic rings. The topological polar surface area (TPSA) is 20.2 Å². The number of hydrogen-bond donors (Lipinski definition) is 1. The molecule has 19 heavy (non-hydrogen) atoms. The van der Waals surface area contributed by atoms with Gasteiger partial charge < -0.3 is 5.11 Å². The van der Waals surface area contributed by atoms with Crippen LogP contribution in [0.5, 0.6) is 0 Å². The van der Waals surface area contributed by atoms with Crippen molar-refractivity contribution in [3.8, 4) is 0 Å². The first-order chi connectivity index (χ1) is 8.97. The van der Waals surface area contributed by atoms with Crippen LogP contribution in [0.4, 0.5) is 4.39 Å². The largest absolute Gasteiger partial charge is 0.388 e. The van der Waals surface area contributed by atoms with Gasteiger partial charge in [0.25, 0.3) is 0 Å². The Balaban J connectivity index is 2.27. The summed E-state index contributed by atoms with van der Waals surface area (Å²) in [5, 5.41) is 11.3. The number of rotatable bonds is 3. The van der Waals surface area contributed by atoms with Crippen molar-refractivity contribution in [3.63, 3.8) is 0 Å². The van der Waals surface area contributed by atoms with E-state index in [4.69, 9.17) is 23.2 Å². The average molecular weight is 364 g/mol. The smallest absolute Gasteiger partial charge is 0.123 e. The van der Waals surface area contributed by atoms with E-state index in [1.807, 2.05) is 0 Å². The summed E-state index contributed by atoms with van der Waals surface area (Å²) in [5.74, 6) is -0.394. The van der Waals surface area contributed by atoms with Crippen LogP contribution in [0.25, 0.3) is 0 Å². The highest BCUT2D eigenvalue weighted by Gasteiger charge is 2.15. The van der Waals surface area contributed by atoms with Crippen molar-refractivity contribution < 1.29 is 9.50 Å². The van der Waals surface area contributed by atoms with Gasteiger partial charge in [0.2, 0.25) is 0 Å². The van der Waals surface area contributed by atoms with Crippen molar-refractivity contribution in [2.45, 2.75) is 12.5 Å². The first-order valence-electron chi connectivity index (χ1n) is 5.54. The summed E-state index contributed by atoms with van der Waals surface area (Å²) < 4.78 is 13.9. The molecule has 0 spiro atoms. The Morgan fingerprint density at radius 1 is 1.16 bits per heavy atom. The third-order valence-corrected chi connectivity index (χ3v) is 4.06. The van der Waals surface area contributed by atoms with Crippen molar-refractivity contribution in [3.05, 3.63) is 67.9 Å². The molecule has 0 saturated heterocycles. The Labute approximate surface area is 129 Å². The molecule has 2 aromatic carbocycles. The summed E-state index contributed by atoms with van der Waals surface area (Å²) in [6.45, 7) is 0. The lowest BCUT2D eigenvalue weighted by Gasteiger charge is -2.14. The molecule has 0 radical (unpaired) electrons. The van der Waals surface area contributed by atoms with E-state index < -0.39 is 11.9 Å². The Morgan fingerprint density at radius 2 is 1.89 bits per heavy atom. The second kappa shape index (κ2) is 6.23. The number of aliphatic hydroxyl groups excluding tert-OH is 1. The fourth-order valence-corrected chi connectivity index (χ4v) is 2.69. The SMILES string of the molecule is OC(Cc1cc(Cl)ccc1Cl)c1cc(F)ccc1Br. The molecule has 0 amide bonds. The van der Waals surface area contributed by atoms with Crippen LogP contribution in [-0.4, -0.2) is 5.11 Å². The lowest BCUT2D eigenvalue weighted by Crippen LogP contribution is -2.04. The van der Waals surface area contributed by atoms with Gasteiger partial charge >= 0.3 is 0 Å². The van der Waals surface area contributed by atoms with Crippen LogP contribution in [0.15, 0.2) is 40.9 Å². The van der Waals surface area contributed by atoms with Gasteiger partial charge in [-0.2, -0.15) is 0 Å². The molecule has 1 atom stereocenters. The van der Waals surface area contributed by atoms with Gasteiger partial charge in [-0.05, 0) is 47.5 Å². The highest BCUT2D eigenvalue weighted by atomic mass is 79.9. The summed E-state index contributed by atoms with van der Waals surface area (Å²) in [7, 11) is 0. The molecule has 0 heterocycles. The van der Waals surface area contributed by atoms with Crippen LogP contribution in [-0.2, 0) is 6.42 Å². The van der Waals surface area contributed by atoms with Crippen molar-refractivity contribution in [1.29, 1.82) is 0 Å². The van der Waals surface area contributed by atoms with E-state index in [9.17, 15) is 9.50 Å². The standard InChI is InChI=1S/C14H10BrCl2FO/c15-12-3-2-10(18)7-11(12)14(19)6-8-5-9(16)1-4-13(8)17/h1-5,7,14,19H,6H2. The third kappa shape index (κ3) is 3.69. The number of benzene rings is 2. The van der Waals surface area contributed by atoms with Crippen molar-refractivity contribution >= 4 is 39.1 Å². The van der Waals surface area contributed by atoms with E-state index in [0.717, 1.165) is 5.56 Å². The average Bonchev–Trinajstić information content (AvgIpc) is 2.36. The van der Waals surface area contributed by atoms with E-state index in [1.54, 1.807) is 24.3 Å². The molecule has 1 nitrogen and oxygen atoms in total. The normalized spacial score (nSPS) is 12.5. The number of aliphatic hydroxyl groups is 1. The maximum absolute atomic E-state index is 13.2. The molecular weight excluding hydrogens is 354 g/mol. The maximum atomic E-state index is 13.2. The van der Waals surface area contributed by atoms with E-state index in [1.165, 1.54) is 12.1 Å². The summed E-state index contributed by atoms with van der Waals surface area (Å²) in [6.07, 6.45) is -0.595. The molecule has 0 aliphatic carbocycles. The molecule has 0 bridgehead atoms. The number of hydrogen-bond acceptors (Lipinski definition) is 1. The molecule has 5 heteroatoms. The molecule has 2 rings (SSSR count). The van der Waals surface area contributed by atoms with Crippen LogP contribution in [0.1, 0.15) is 17.2 Å². The van der Waals surface area contributed by atoms with Crippen LogP contribution in [0.2, 0.25) is 10.0 Å². The second-order valence-corrected chi connectivity index (χ2v) is 5.82. The number of halogens is 4. The highest BCUT2D eigenvalue weighted by Crippen LogP contribution is 2.30. The zero-order valence-corrected chi connectivity index (χ0v) is 12.8. The molecule has 0 saturated carbocycles. The Kier molecular flexibility index (Phi) is 4.85. The summed E-state index contributed by atoms with van der Waals surface area (Å²) in [5.41, 5.74) is 1.20. The van der Waals surface area contributed by atoms with Crippen molar-refractivity contribution in [2.24, 2.45) is 0 Å². The highest BCUT2D eigenvalue weighted by molar-refractivity contribution is 9.10. The van der Waals surface area contributed by atoms with Crippen molar-refractivity contribution in [1.82, 2.24) is 0 Å². The van der Waals surface area contributed by atoms with Gasteiger partial charge in [0.1, 0.15) is 5.82 Å². The minimum Gasteiger partial charge on any atom is -0.388 e. The van der Waals surface area contributed by atoms with E-state index >= 15 is 0 Å². The minimum absolute atomic E-state index is 0.265. The van der Waals surface area contributed by atoms with Gasteiger partial charge in [-0.1, -0.05) is 39.1 Å². The van der Waals surface area contributed by atoms with Crippen LogP contribution >= 0.6 is 39.1 Å². The summed E-state index contributed by atoms with van der Waals surface area (Å²) in [6, 6.07) is 9.23. The second-order valence-electron chi connectivity index (χ2n) is 4.12. The third-order valence-electron chi connectivity index (χ3n) is 2.74. The predicted molar refractivity (Wildman–Crippen MR) is 79.2 cm³/mol. The fraction of sp³-hybridized carbons (Fsp3) is 0.143. The molecule has 100 valence electrons. The van der Waals surface area contributed by atoms with Gasteiger partial charge in [-0.25, -0.2) is 4.39 Å². The van der Waals surface area contributed by atoms with Crippen molar-refractivity contribution in [2.75, 3.05) is 0 Å². The fourth-order valence-electron chi connectivity index (χ4n) is 1.79. The first-order valence-corrected chi connectivity index (χ1v) is 7.09. The molecule has 0 fully saturated rings. The zero-order chi connectivity index (χ0) is 14.0. The van der Waals surface area contributed by atoms with Gasteiger partial charge in [0.15, 0.2) is 0 Å². The molecule has 1 N–H and O–H groups in total. The van der Waals surface area contributed by atoms with Crippen LogP contribution in [0, 0.1) is 5.82 Å². The monoisotopic (exact) mass is 362 g/mol. The predicted octanol–water partition coefficient (Wildman–Crippen LogP) is 5.17. The van der Waals surface area contributed by atoms with Crippen LogP contribution < -0.4 is 0 Å². The minimum atomic E-state index is -0.860. The molecule has 0 aromatic heterocycles. The van der Waals surface area contributed by atoms with Gasteiger partial charge in [-0.15, -0.1) is 0 Å². The summed E-state index contributed by atoms with van der Waals surface area (Å²) in [4.78, 5) is 0. The molecule has 0 aliphatic rings. The maximum Gasteiger partial charge on any atom is 0.123 e. The van der Waals surface area contributed by atoms with E-state index in [0.29, 0.717) is 20.1 Å². The van der Waals surface area contributed by atoms with Gasteiger partial charge in [0, 0.05) is 20.9 Å². The first kappa shape index (κ1) is 14.8. The Morgan fingerprint density at radius 3 is 2.63 bits per heavy atom. The van der Waals surface area contributed by atoms with Gasteiger partial charge in [-0.3, -0.25) is 0 Å². The zero-order valence-electron chi connectivity index (χ0n) is 9.71. The van der Waals surface area contributed by atoms with E-state index in [-0.39, 0.29) is 6.42 Å². The van der Waals surface area contributed by atoms with E-state index in [2.05, 4.69) is 15.9 Å². The van der Waals surface area contributed by atoms with Gasteiger partial charge in [0.05, 0.1) is 6.10 Å². The quantitative estimate of drug-likeness (QED) is 0.797.